The van der Waals surface area contributed by atoms with Gasteiger partial charge in [0.15, 0.2) is 0 Å². The molecule has 0 amide bonds. The van der Waals surface area contributed by atoms with Gasteiger partial charge in [0.05, 0.1) is 16.6 Å². The van der Waals surface area contributed by atoms with Gasteiger partial charge in [-0.05, 0) is 31.2 Å². The lowest BCUT2D eigenvalue weighted by molar-refractivity contribution is 0.587. The summed E-state index contributed by atoms with van der Waals surface area (Å²) in [5.74, 6) is -0.383. The van der Waals surface area contributed by atoms with E-state index >= 15 is 0 Å². The lowest BCUT2D eigenvalue weighted by Crippen LogP contribution is -2.36. The van der Waals surface area contributed by atoms with Gasteiger partial charge in [-0.1, -0.05) is 29.8 Å². The van der Waals surface area contributed by atoms with Gasteiger partial charge in [0.1, 0.15) is 5.82 Å². The van der Waals surface area contributed by atoms with E-state index in [0.717, 1.165) is 5.56 Å². The molecular weight excluding hydrogens is 301 g/mol. The third kappa shape index (κ3) is 2.22. The van der Waals surface area contributed by atoms with Crippen molar-refractivity contribution in [2.24, 2.45) is 0 Å². The van der Waals surface area contributed by atoms with Crippen molar-refractivity contribution in [3.8, 4) is 0 Å². The molecule has 0 N–H and O–H groups in total. The van der Waals surface area contributed by atoms with Gasteiger partial charge < -0.3 is 0 Å². The Balaban J connectivity index is 2.16. The normalized spacial score (nSPS) is 17.4. The van der Waals surface area contributed by atoms with Crippen LogP contribution < -0.4 is 4.31 Å². The van der Waals surface area contributed by atoms with Crippen molar-refractivity contribution in [2.45, 2.75) is 24.3 Å². The van der Waals surface area contributed by atoms with Crippen molar-refractivity contribution in [3.63, 3.8) is 0 Å². The molecule has 3 rings (SSSR count). The molecule has 1 aliphatic rings. The summed E-state index contributed by atoms with van der Waals surface area (Å²) in [7, 11) is -3.75. The summed E-state index contributed by atoms with van der Waals surface area (Å²) in [5, 5.41) is 0. The summed E-state index contributed by atoms with van der Waals surface area (Å²) < 4.78 is 41.1. The first-order chi connectivity index (χ1) is 10.4. The van der Waals surface area contributed by atoms with Crippen molar-refractivity contribution >= 4 is 15.7 Å². The van der Waals surface area contributed by atoms with Crippen LogP contribution in [-0.4, -0.2) is 14.5 Å². The topological polar surface area (TPSA) is 37.4 Å². The van der Waals surface area contributed by atoms with Gasteiger partial charge in [-0.15, -0.1) is 6.58 Å². The van der Waals surface area contributed by atoms with Gasteiger partial charge >= 0.3 is 0 Å². The second-order valence-corrected chi connectivity index (χ2v) is 7.17. The number of anilines is 1. The molecule has 2 aromatic carbocycles. The van der Waals surface area contributed by atoms with E-state index in [1.54, 1.807) is 36.4 Å². The Morgan fingerprint density at radius 3 is 2.55 bits per heavy atom. The van der Waals surface area contributed by atoms with E-state index in [1.807, 2.05) is 6.92 Å². The van der Waals surface area contributed by atoms with E-state index in [4.69, 9.17) is 0 Å². The smallest absolute Gasteiger partial charge is 0.259 e. The molecule has 0 saturated heterocycles. The van der Waals surface area contributed by atoms with Crippen LogP contribution >= 0.6 is 0 Å². The van der Waals surface area contributed by atoms with Gasteiger partial charge in [-0.2, -0.15) is 0 Å². The van der Waals surface area contributed by atoms with Crippen molar-refractivity contribution in [2.75, 3.05) is 4.31 Å². The maximum absolute atomic E-state index is 14.0. The third-order valence-corrected chi connectivity index (χ3v) is 5.75. The molecule has 1 atom stereocenters. The molecular formula is C17H16FNO2S. The van der Waals surface area contributed by atoms with Gasteiger partial charge in [0.25, 0.3) is 10.0 Å². The summed E-state index contributed by atoms with van der Waals surface area (Å²) in [5.41, 5.74) is 1.79. The minimum absolute atomic E-state index is 0.196. The fraction of sp³-hybridized carbons (Fsp3) is 0.176. The van der Waals surface area contributed by atoms with Crippen LogP contribution in [0, 0.1) is 12.7 Å². The van der Waals surface area contributed by atoms with Gasteiger partial charge in [-0.3, -0.25) is 4.31 Å². The first-order valence-corrected chi connectivity index (χ1v) is 8.40. The van der Waals surface area contributed by atoms with Crippen LogP contribution in [0.5, 0.6) is 0 Å². The predicted octanol–water partition coefficient (Wildman–Crippen LogP) is 3.44. The Kier molecular flexibility index (Phi) is 3.53. The highest BCUT2D eigenvalue weighted by Crippen LogP contribution is 2.38. The van der Waals surface area contributed by atoms with E-state index in [-0.39, 0.29) is 10.7 Å². The van der Waals surface area contributed by atoms with Crippen molar-refractivity contribution in [1.82, 2.24) is 0 Å². The molecule has 1 aliphatic heterocycles. The maximum atomic E-state index is 14.0. The molecule has 1 unspecified atom stereocenters. The number of benzene rings is 2. The number of hydrogen-bond donors (Lipinski definition) is 0. The molecule has 0 bridgehead atoms. The highest BCUT2D eigenvalue weighted by atomic mass is 32.2. The average molecular weight is 317 g/mol. The SMILES string of the molecule is C=CC1Cc2c(F)cccc2N1S(=O)(=O)c1ccc(C)cc1. The lowest BCUT2D eigenvalue weighted by atomic mass is 10.1. The molecule has 2 aromatic rings. The minimum Gasteiger partial charge on any atom is -0.259 e. The fourth-order valence-electron chi connectivity index (χ4n) is 2.74. The summed E-state index contributed by atoms with van der Waals surface area (Å²) in [6.45, 7) is 5.59. The second kappa shape index (κ2) is 5.25. The Morgan fingerprint density at radius 1 is 1.23 bits per heavy atom. The van der Waals surface area contributed by atoms with Crippen LogP contribution in [0.3, 0.4) is 0 Å². The zero-order chi connectivity index (χ0) is 15.9. The predicted molar refractivity (Wildman–Crippen MR) is 84.9 cm³/mol. The van der Waals surface area contributed by atoms with Crippen molar-refractivity contribution in [1.29, 1.82) is 0 Å². The van der Waals surface area contributed by atoms with E-state index < -0.39 is 16.1 Å². The van der Waals surface area contributed by atoms with Crippen LogP contribution in [0.1, 0.15) is 11.1 Å². The molecule has 0 fully saturated rings. The summed E-state index contributed by atoms with van der Waals surface area (Å²) >= 11 is 0. The quantitative estimate of drug-likeness (QED) is 0.813. The van der Waals surface area contributed by atoms with E-state index in [9.17, 15) is 12.8 Å². The lowest BCUT2D eigenvalue weighted by Gasteiger charge is -2.25. The van der Waals surface area contributed by atoms with Crippen LogP contribution in [0.15, 0.2) is 60.0 Å². The number of sulfonamides is 1. The van der Waals surface area contributed by atoms with Crippen molar-refractivity contribution < 1.29 is 12.8 Å². The standard InChI is InChI=1S/C17H16FNO2S/c1-3-13-11-15-16(18)5-4-6-17(15)19(13)22(20,21)14-9-7-12(2)8-10-14/h3-10,13H,1,11H2,2H3. The summed E-state index contributed by atoms with van der Waals surface area (Å²) in [6.07, 6.45) is 1.85. The number of fused-ring (bicyclic) bond motifs is 1. The molecule has 5 heteroatoms. The molecule has 0 spiro atoms. The first-order valence-electron chi connectivity index (χ1n) is 6.96. The number of hydrogen-bond acceptors (Lipinski definition) is 2. The molecule has 0 aliphatic carbocycles. The van der Waals surface area contributed by atoms with Crippen LogP contribution in [0.4, 0.5) is 10.1 Å². The third-order valence-electron chi connectivity index (χ3n) is 3.90. The largest absolute Gasteiger partial charge is 0.264 e. The molecule has 22 heavy (non-hydrogen) atoms. The molecule has 1 heterocycles. The van der Waals surface area contributed by atoms with Crippen molar-refractivity contribution in [3.05, 3.63) is 72.1 Å². The number of nitrogens with zero attached hydrogens (tertiary/aromatic N) is 1. The van der Waals surface area contributed by atoms with Crippen LogP contribution in [-0.2, 0) is 16.4 Å². The molecule has 0 saturated carbocycles. The highest BCUT2D eigenvalue weighted by Gasteiger charge is 2.38. The molecule has 0 radical (unpaired) electrons. The second-order valence-electron chi connectivity index (χ2n) is 5.36. The number of aryl methyl sites for hydroxylation is 1. The summed E-state index contributed by atoms with van der Waals surface area (Å²) in [6, 6.07) is 10.7. The molecule has 114 valence electrons. The Morgan fingerprint density at radius 2 is 1.91 bits per heavy atom. The first kappa shape index (κ1) is 14.8. The van der Waals surface area contributed by atoms with E-state index in [1.165, 1.54) is 16.4 Å². The average Bonchev–Trinajstić information content (AvgIpc) is 2.88. The monoisotopic (exact) mass is 317 g/mol. The Bertz CT molecular complexity index is 828. The fourth-order valence-corrected chi connectivity index (χ4v) is 4.39. The van der Waals surface area contributed by atoms with E-state index in [2.05, 4.69) is 6.58 Å². The van der Waals surface area contributed by atoms with Gasteiger partial charge in [0.2, 0.25) is 0 Å². The van der Waals surface area contributed by atoms with Gasteiger partial charge in [0, 0.05) is 12.0 Å². The van der Waals surface area contributed by atoms with Gasteiger partial charge in [-0.25, -0.2) is 12.8 Å². The van der Waals surface area contributed by atoms with Crippen LogP contribution in [0.2, 0.25) is 0 Å². The minimum atomic E-state index is -3.75. The Hall–Kier alpha value is -2.14. The van der Waals surface area contributed by atoms with Crippen LogP contribution in [0.25, 0.3) is 0 Å². The maximum Gasteiger partial charge on any atom is 0.264 e. The number of halogens is 1. The molecule has 0 aromatic heterocycles. The highest BCUT2D eigenvalue weighted by molar-refractivity contribution is 7.92. The van der Waals surface area contributed by atoms with E-state index in [0.29, 0.717) is 17.7 Å². The summed E-state index contributed by atoms with van der Waals surface area (Å²) in [4.78, 5) is 0.196. The molecule has 3 nitrogen and oxygen atoms in total. The zero-order valence-corrected chi connectivity index (χ0v) is 13.0. The number of rotatable bonds is 3. The zero-order valence-electron chi connectivity index (χ0n) is 12.2. The Labute approximate surface area is 129 Å².